The first kappa shape index (κ1) is 14.5. The SMILES string of the molecule is CC(Nc1ccnc(C(=O)N(C)C)c1)C(C)(C)C. The molecule has 0 saturated carbocycles. The first-order valence-electron chi connectivity index (χ1n) is 6.16. The van der Waals surface area contributed by atoms with Gasteiger partial charge in [-0.05, 0) is 24.5 Å². The van der Waals surface area contributed by atoms with Gasteiger partial charge in [-0.2, -0.15) is 0 Å². The summed E-state index contributed by atoms with van der Waals surface area (Å²) in [5.74, 6) is -0.0814. The number of anilines is 1. The van der Waals surface area contributed by atoms with Gasteiger partial charge in [0.1, 0.15) is 5.69 Å². The lowest BCUT2D eigenvalue weighted by Crippen LogP contribution is -2.31. The van der Waals surface area contributed by atoms with E-state index in [1.54, 1.807) is 26.4 Å². The zero-order valence-electron chi connectivity index (χ0n) is 12.1. The fourth-order valence-electron chi connectivity index (χ4n) is 1.33. The van der Waals surface area contributed by atoms with Gasteiger partial charge in [-0.15, -0.1) is 0 Å². The minimum atomic E-state index is -0.0814. The fraction of sp³-hybridized carbons (Fsp3) is 0.571. The summed E-state index contributed by atoms with van der Waals surface area (Å²) in [6.07, 6.45) is 1.66. The summed E-state index contributed by atoms with van der Waals surface area (Å²) in [6.45, 7) is 8.67. The van der Waals surface area contributed by atoms with Crippen LogP contribution in [0.15, 0.2) is 18.3 Å². The van der Waals surface area contributed by atoms with Crippen molar-refractivity contribution in [3.63, 3.8) is 0 Å². The zero-order chi connectivity index (χ0) is 13.9. The van der Waals surface area contributed by atoms with E-state index >= 15 is 0 Å². The smallest absolute Gasteiger partial charge is 0.272 e. The van der Waals surface area contributed by atoms with Crippen molar-refractivity contribution in [3.8, 4) is 0 Å². The number of nitrogens with zero attached hydrogens (tertiary/aromatic N) is 2. The summed E-state index contributed by atoms with van der Waals surface area (Å²) in [5.41, 5.74) is 1.55. The average molecular weight is 249 g/mol. The maximum atomic E-state index is 11.8. The van der Waals surface area contributed by atoms with Gasteiger partial charge in [-0.1, -0.05) is 20.8 Å². The molecule has 4 heteroatoms. The van der Waals surface area contributed by atoms with Crippen molar-refractivity contribution in [2.45, 2.75) is 33.7 Å². The number of carbonyl (C=O) groups is 1. The van der Waals surface area contributed by atoms with Gasteiger partial charge in [0.2, 0.25) is 0 Å². The van der Waals surface area contributed by atoms with Crippen molar-refractivity contribution in [3.05, 3.63) is 24.0 Å². The van der Waals surface area contributed by atoms with Crippen molar-refractivity contribution in [1.29, 1.82) is 0 Å². The van der Waals surface area contributed by atoms with Crippen LogP contribution in [0.1, 0.15) is 38.2 Å². The molecule has 1 aromatic rings. The normalized spacial score (nSPS) is 13.0. The van der Waals surface area contributed by atoms with Crippen LogP contribution < -0.4 is 5.32 Å². The van der Waals surface area contributed by atoms with Crippen LogP contribution in [0.5, 0.6) is 0 Å². The van der Waals surface area contributed by atoms with Crippen molar-refractivity contribution >= 4 is 11.6 Å². The number of nitrogens with one attached hydrogen (secondary N) is 1. The monoisotopic (exact) mass is 249 g/mol. The molecular weight excluding hydrogens is 226 g/mol. The second-order valence-electron chi connectivity index (χ2n) is 5.86. The molecule has 0 radical (unpaired) electrons. The lowest BCUT2D eigenvalue weighted by Gasteiger charge is -2.29. The highest BCUT2D eigenvalue weighted by molar-refractivity contribution is 5.92. The third-order valence-electron chi connectivity index (χ3n) is 3.07. The van der Waals surface area contributed by atoms with Gasteiger partial charge in [0.25, 0.3) is 5.91 Å². The Labute approximate surface area is 109 Å². The second kappa shape index (κ2) is 5.38. The van der Waals surface area contributed by atoms with Crippen molar-refractivity contribution in [2.24, 2.45) is 5.41 Å². The average Bonchev–Trinajstić information content (AvgIpc) is 2.27. The molecule has 0 saturated heterocycles. The van der Waals surface area contributed by atoms with E-state index in [1.807, 2.05) is 6.07 Å². The molecule has 18 heavy (non-hydrogen) atoms. The largest absolute Gasteiger partial charge is 0.382 e. The van der Waals surface area contributed by atoms with Gasteiger partial charge in [0.15, 0.2) is 0 Å². The number of pyridine rings is 1. The Morgan fingerprint density at radius 2 is 2.00 bits per heavy atom. The van der Waals surface area contributed by atoms with E-state index in [-0.39, 0.29) is 11.3 Å². The Kier molecular flexibility index (Phi) is 4.33. The first-order valence-corrected chi connectivity index (χ1v) is 6.16. The summed E-state index contributed by atoms with van der Waals surface area (Å²) in [6, 6.07) is 3.99. The van der Waals surface area contributed by atoms with E-state index in [4.69, 9.17) is 0 Å². The van der Waals surface area contributed by atoms with E-state index in [9.17, 15) is 4.79 Å². The van der Waals surface area contributed by atoms with Crippen molar-refractivity contribution in [1.82, 2.24) is 9.88 Å². The Balaban J connectivity index is 2.87. The molecule has 1 amide bonds. The molecule has 4 nitrogen and oxygen atoms in total. The van der Waals surface area contributed by atoms with E-state index in [2.05, 4.69) is 38.0 Å². The number of hydrogen-bond acceptors (Lipinski definition) is 3. The molecule has 1 aromatic heterocycles. The quantitative estimate of drug-likeness (QED) is 0.895. The van der Waals surface area contributed by atoms with Gasteiger partial charge in [-0.25, -0.2) is 0 Å². The topological polar surface area (TPSA) is 45.2 Å². The lowest BCUT2D eigenvalue weighted by atomic mass is 9.88. The predicted octanol–water partition coefficient (Wildman–Crippen LogP) is 2.63. The highest BCUT2D eigenvalue weighted by Gasteiger charge is 2.20. The minimum Gasteiger partial charge on any atom is -0.382 e. The summed E-state index contributed by atoms with van der Waals surface area (Å²) in [5, 5.41) is 3.41. The Morgan fingerprint density at radius 3 is 2.50 bits per heavy atom. The van der Waals surface area contributed by atoms with Gasteiger partial charge >= 0.3 is 0 Å². The van der Waals surface area contributed by atoms with E-state index in [0.717, 1.165) is 5.69 Å². The maximum Gasteiger partial charge on any atom is 0.272 e. The molecule has 1 unspecified atom stereocenters. The van der Waals surface area contributed by atoms with Crippen LogP contribution in [0, 0.1) is 5.41 Å². The van der Waals surface area contributed by atoms with Crippen LogP contribution >= 0.6 is 0 Å². The molecule has 1 rings (SSSR count). The molecule has 1 heterocycles. The zero-order valence-corrected chi connectivity index (χ0v) is 12.1. The molecule has 1 atom stereocenters. The highest BCUT2D eigenvalue weighted by atomic mass is 16.2. The van der Waals surface area contributed by atoms with Crippen LogP contribution in [0.3, 0.4) is 0 Å². The van der Waals surface area contributed by atoms with Gasteiger partial charge in [0.05, 0.1) is 0 Å². The summed E-state index contributed by atoms with van der Waals surface area (Å²) in [7, 11) is 3.45. The summed E-state index contributed by atoms with van der Waals surface area (Å²) < 4.78 is 0. The molecule has 0 aromatic carbocycles. The Hall–Kier alpha value is -1.58. The Bertz CT molecular complexity index is 421. The molecule has 0 fully saturated rings. The number of carbonyl (C=O) groups excluding carboxylic acids is 1. The van der Waals surface area contributed by atoms with Gasteiger partial charge < -0.3 is 10.2 Å². The molecule has 0 aliphatic heterocycles. The molecular formula is C14H23N3O. The number of amides is 1. The lowest BCUT2D eigenvalue weighted by molar-refractivity contribution is 0.0822. The summed E-state index contributed by atoms with van der Waals surface area (Å²) in [4.78, 5) is 17.4. The van der Waals surface area contributed by atoms with Crippen molar-refractivity contribution in [2.75, 3.05) is 19.4 Å². The predicted molar refractivity (Wildman–Crippen MR) is 74.8 cm³/mol. The van der Waals surface area contributed by atoms with Crippen LogP contribution in [0.25, 0.3) is 0 Å². The fourth-order valence-corrected chi connectivity index (χ4v) is 1.33. The number of hydrogen-bond donors (Lipinski definition) is 1. The van der Waals surface area contributed by atoms with Crippen LogP contribution in [0.2, 0.25) is 0 Å². The molecule has 1 N–H and O–H groups in total. The molecule has 0 aliphatic rings. The third-order valence-corrected chi connectivity index (χ3v) is 3.07. The van der Waals surface area contributed by atoms with Crippen LogP contribution in [-0.2, 0) is 0 Å². The highest BCUT2D eigenvalue weighted by Crippen LogP contribution is 2.22. The van der Waals surface area contributed by atoms with Gasteiger partial charge in [0, 0.05) is 32.0 Å². The second-order valence-corrected chi connectivity index (χ2v) is 5.86. The van der Waals surface area contributed by atoms with Crippen LogP contribution in [0.4, 0.5) is 5.69 Å². The maximum absolute atomic E-state index is 11.8. The molecule has 100 valence electrons. The van der Waals surface area contributed by atoms with Gasteiger partial charge in [-0.3, -0.25) is 9.78 Å². The van der Waals surface area contributed by atoms with E-state index in [0.29, 0.717) is 11.7 Å². The van der Waals surface area contributed by atoms with Crippen molar-refractivity contribution < 1.29 is 4.79 Å². The molecule has 0 bridgehead atoms. The minimum absolute atomic E-state index is 0.0814. The summed E-state index contributed by atoms with van der Waals surface area (Å²) >= 11 is 0. The first-order chi connectivity index (χ1) is 8.21. The number of rotatable bonds is 3. The van der Waals surface area contributed by atoms with E-state index in [1.165, 1.54) is 4.90 Å². The molecule has 0 aliphatic carbocycles. The third kappa shape index (κ3) is 3.72. The van der Waals surface area contributed by atoms with Crippen LogP contribution in [-0.4, -0.2) is 35.9 Å². The molecule has 0 spiro atoms. The standard InChI is InChI=1S/C14H23N3O/c1-10(14(2,3)4)16-11-7-8-15-12(9-11)13(18)17(5)6/h7-10H,1-6H3,(H,15,16). The number of aromatic nitrogens is 1. The van der Waals surface area contributed by atoms with E-state index < -0.39 is 0 Å². The Morgan fingerprint density at radius 1 is 1.39 bits per heavy atom.